The summed E-state index contributed by atoms with van der Waals surface area (Å²) >= 11 is 0. The fourth-order valence-corrected chi connectivity index (χ4v) is 3.78. The summed E-state index contributed by atoms with van der Waals surface area (Å²) in [6.07, 6.45) is 0.153. The normalized spacial score (nSPS) is 21.4. The Morgan fingerprint density at radius 2 is 2.10 bits per heavy atom. The molecule has 4 nitrogen and oxygen atoms in total. The highest BCUT2D eigenvalue weighted by atomic mass is 32.2. The van der Waals surface area contributed by atoms with E-state index in [9.17, 15) is 12.8 Å². The molecular formula is C15H22FNO3S. The molecule has 0 saturated carbocycles. The molecule has 6 heteroatoms. The molecule has 0 aromatic heterocycles. The average Bonchev–Trinajstić information content (AvgIpc) is 2.68. The number of hydrogen-bond acceptors (Lipinski definition) is 4. The van der Waals surface area contributed by atoms with Crippen LogP contribution in [0.3, 0.4) is 0 Å². The van der Waals surface area contributed by atoms with Crippen LogP contribution >= 0.6 is 0 Å². The molecule has 1 aliphatic heterocycles. The summed E-state index contributed by atoms with van der Waals surface area (Å²) in [6, 6.07) is 4.33. The molecule has 0 aliphatic carbocycles. The van der Waals surface area contributed by atoms with Crippen LogP contribution in [0.15, 0.2) is 18.2 Å². The molecule has 0 radical (unpaired) electrons. The molecule has 2 rings (SSSR count). The fourth-order valence-electron chi connectivity index (χ4n) is 2.19. The first kappa shape index (κ1) is 16.2. The Labute approximate surface area is 125 Å². The van der Waals surface area contributed by atoms with Gasteiger partial charge < -0.3 is 10.1 Å². The molecule has 1 unspecified atom stereocenters. The molecule has 1 aromatic rings. The van der Waals surface area contributed by atoms with Gasteiger partial charge in [0.15, 0.2) is 9.84 Å². The van der Waals surface area contributed by atoms with Gasteiger partial charge in [0.1, 0.15) is 17.7 Å². The third kappa shape index (κ3) is 4.97. The van der Waals surface area contributed by atoms with Gasteiger partial charge in [0.25, 0.3) is 0 Å². The average molecular weight is 315 g/mol. The first-order valence-electron chi connectivity index (χ1n) is 7.05. The van der Waals surface area contributed by atoms with Gasteiger partial charge in [-0.1, -0.05) is 0 Å². The van der Waals surface area contributed by atoms with Crippen molar-refractivity contribution in [1.82, 2.24) is 5.32 Å². The summed E-state index contributed by atoms with van der Waals surface area (Å²) in [4.78, 5) is 0. The lowest BCUT2D eigenvalue weighted by Gasteiger charge is -2.22. The van der Waals surface area contributed by atoms with Gasteiger partial charge in [-0.3, -0.25) is 0 Å². The van der Waals surface area contributed by atoms with Gasteiger partial charge in [-0.15, -0.1) is 0 Å². The number of hydrogen-bond donors (Lipinski definition) is 1. The maximum absolute atomic E-state index is 13.4. The van der Waals surface area contributed by atoms with Crippen LogP contribution in [-0.2, 0) is 16.4 Å². The molecular weight excluding hydrogens is 293 g/mol. The second-order valence-electron chi connectivity index (χ2n) is 6.50. The molecule has 1 atom stereocenters. The molecule has 0 bridgehead atoms. The lowest BCUT2D eigenvalue weighted by molar-refractivity contribution is 0.225. The Morgan fingerprint density at radius 1 is 1.38 bits per heavy atom. The van der Waals surface area contributed by atoms with Gasteiger partial charge in [0.2, 0.25) is 0 Å². The van der Waals surface area contributed by atoms with E-state index in [-0.39, 0.29) is 29.0 Å². The minimum atomic E-state index is -2.99. The van der Waals surface area contributed by atoms with E-state index in [2.05, 4.69) is 5.32 Å². The Morgan fingerprint density at radius 3 is 2.67 bits per heavy atom. The van der Waals surface area contributed by atoms with Crippen molar-refractivity contribution in [1.29, 1.82) is 0 Å². The zero-order valence-electron chi connectivity index (χ0n) is 12.6. The lowest BCUT2D eigenvalue weighted by atomic mass is 10.1. The highest BCUT2D eigenvalue weighted by Crippen LogP contribution is 2.25. The van der Waals surface area contributed by atoms with Gasteiger partial charge in [0.05, 0.1) is 11.5 Å². The molecule has 21 heavy (non-hydrogen) atoms. The Bertz CT molecular complexity index is 608. The Kier molecular flexibility index (Phi) is 4.58. The molecule has 1 aliphatic rings. The van der Waals surface area contributed by atoms with E-state index in [0.717, 1.165) is 0 Å². The van der Waals surface area contributed by atoms with E-state index in [0.29, 0.717) is 24.3 Å². The molecule has 1 saturated heterocycles. The van der Waals surface area contributed by atoms with Gasteiger partial charge in [-0.05, 0) is 45.4 Å². The van der Waals surface area contributed by atoms with E-state index >= 15 is 0 Å². The highest BCUT2D eigenvalue weighted by Gasteiger charge is 2.29. The van der Waals surface area contributed by atoms with Crippen molar-refractivity contribution in [2.75, 3.05) is 11.5 Å². The Hall–Kier alpha value is -1.14. The molecule has 1 fully saturated rings. The van der Waals surface area contributed by atoms with Crippen molar-refractivity contribution in [3.8, 4) is 5.75 Å². The summed E-state index contributed by atoms with van der Waals surface area (Å²) in [5.41, 5.74) is 0.606. The van der Waals surface area contributed by atoms with Crippen molar-refractivity contribution >= 4 is 9.84 Å². The van der Waals surface area contributed by atoms with Crippen molar-refractivity contribution in [2.45, 2.75) is 45.4 Å². The van der Waals surface area contributed by atoms with Crippen LogP contribution in [0, 0.1) is 5.82 Å². The van der Waals surface area contributed by atoms with Crippen molar-refractivity contribution in [3.63, 3.8) is 0 Å². The molecule has 1 N–H and O–H groups in total. The van der Waals surface area contributed by atoms with Gasteiger partial charge in [-0.2, -0.15) is 0 Å². The number of halogens is 1. The fraction of sp³-hybridized carbons (Fsp3) is 0.600. The molecule has 1 heterocycles. The van der Waals surface area contributed by atoms with Crippen LogP contribution < -0.4 is 10.1 Å². The topological polar surface area (TPSA) is 55.4 Å². The smallest absolute Gasteiger partial charge is 0.154 e. The highest BCUT2D eigenvalue weighted by molar-refractivity contribution is 7.91. The van der Waals surface area contributed by atoms with Gasteiger partial charge in [-0.25, -0.2) is 12.8 Å². The summed E-state index contributed by atoms with van der Waals surface area (Å²) < 4.78 is 42.2. The standard InChI is InChI=1S/C15H22FNO3S/c1-15(2,3)17-9-11-8-12(16)4-5-14(11)20-13-6-7-21(18,19)10-13/h4-5,8,13,17H,6-7,9-10H2,1-3H3. The number of nitrogens with one attached hydrogen (secondary N) is 1. The molecule has 1 aromatic carbocycles. The predicted octanol–water partition coefficient (Wildman–Crippen LogP) is 2.28. The lowest BCUT2D eigenvalue weighted by Crippen LogP contribution is -2.35. The van der Waals surface area contributed by atoms with E-state index in [4.69, 9.17) is 4.74 Å². The van der Waals surface area contributed by atoms with Crippen LogP contribution in [-0.4, -0.2) is 31.6 Å². The SMILES string of the molecule is CC(C)(C)NCc1cc(F)ccc1OC1CCS(=O)(=O)C1. The maximum Gasteiger partial charge on any atom is 0.154 e. The largest absolute Gasteiger partial charge is 0.489 e. The van der Waals surface area contributed by atoms with Gasteiger partial charge in [0, 0.05) is 17.6 Å². The number of benzene rings is 1. The van der Waals surface area contributed by atoms with Crippen LogP contribution in [0.5, 0.6) is 5.75 Å². The van der Waals surface area contributed by atoms with Crippen LogP contribution in [0.25, 0.3) is 0 Å². The minimum Gasteiger partial charge on any atom is -0.489 e. The second-order valence-corrected chi connectivity index (χ2v) is 8.73. The zero-order valence-corrected chi connectivity index (χ0v) is 13.5. The number of ether oxygens (including phenoxy) is 1. The number of rotatable bonds is 4. The van der Waals surface area contributed by atoms with Crippen molar-refractivity contribution < 1.29 is 17.5 Å². The minimum absolute atomic E-state index is 0.0382. The summed E-state index contributed by atoms with van der Waals surface area (Å²) in [6.45, 7) is 6.54. The van der Waals surface area contributed by atoms with E-state index in [1.54, 1.807) is 6.07 Å². The Balaban J connectivity index is 2.11. The van der Waals surface area contributed by atoms with E-state index < -0.39 is 9.84 Å². The second kappa shape index (κ2) is 5.93. The summed E-state index contributed by atoms with van der Waals surface area (Å²) in [5, 5.41) is 3.28. The van der Waals surface area contributed by atoms with E-state index in [1.165, 1.54) is 12.1 Å². The summed E-state index contributed by atoms with van der Waals surface area (Å²) in [7, 11) is -2.99. The van der Waals surface area contributed by atoms with Crippen molar-refractivity contribution in [2.24, 2.45) is 0 Å². The first-order valence-corrected chi connectivity index (χ1v) is 8.87. The van der Waals surface area contributed by atoms with Crippen LogP contribution in [0.4, 0.5) is 4.39 Å². The van der Waals surface area contributed by atoms with Crippen LogP contribution in [0.1, 0.15) is 32.8 Å². The molecule has 118 valence electrons. The van der Waals surface area contributed by atoms with Gasteiger partial charge >= 0.3 is 0 Å². The summed E-state index contributed by atoms with van der Waals surface area (Å²) in [5.74, 6) is 0.424. The van der Waals surface area contributed by atoms with E-state index in [1.807, 2.05) is 20.8 Å². The van der Waals surface area contributed by atoms with Crippen LogP contribution in [0.2, 0.25) is 0 Å². The van der Waals surface area contributed by atoms with Crippen molar-refractivity contribution in [3.05, 3.63) is 29.6 Å². The predicted molar refractivity (Wildman–Crippen MR) is 80.7 cm³/mol. The third-order valence-corrected chi connectivity index (χ3v) is 5.05. The zero-order chi connectivity index (χ0) is 15.7. The monoisotopic (exact) mass is 315 g/mol. The molecule has 0 spiro atoms. The maximum atomic E-state index is 13.4. The quantitative estimate of drug-likeness (QED) is 0.926. The first-order chi connectivity index (χ1) is 9.65. The molecule has 0 amide bonds. The third-order valence-electron chi connectivity index (χ3n) is 3.32. The number of sulfone groups is 1.